The van der Waals surface area contributed by atoms with Gasteiger partial charge in [-0.2, -0.15) is 0 Å². The molecule has 0 aromatic carbocycles. The fourth-order valence-electron chi connectivity index (χ4n) is 1.66. The molecule has 3 nitrogen and oxygen atoms in total. The molecule has 1 unspecified atom stereocenters. The average molecular weight is 184 g/mol. The molecule has 0 heterocycles. The quantitative estimate of drug-likeness (QED) is 0.689. The van der Waals surface area contributed by atoms with E-state index in [1.807, 2.05) is 6.92 Å². The van der Waals surface area contributed by atoms with Crippen molar-refractivity contribution in [2.45, 2.75) is 57.5 Å². The number of hydrogen-bond acceptors (Lipinski definition) is 2. The third-order valence-corrected chi connectivity index (χ3v) is 2.80. The Labute approximate surface area is 80.1 Å². The summed E-state index contributed by atoms with van der Waals surface area (Å²) in [5.74, 6) is 0.0414. The van der Waals surface area contributed by atoms with Crippen LogP contribution in [0.4, 0.5) is 0 Å². The molecule has 76 valence electrons. The van der Waals surface area contributed by atoms with E-state index in [2.05, 4.69) is 12.2 Å². The van der Waals surface area contributed by atoms with E-state index in [9.17, 15) is 4.79 Å². The largest absolute Gasteiger partial charge is 0.352 e. The smallest absolute Gasteiger partial charge is 0.240 e. The van der Waals surface area contributed by atoms with E-state index >= 15 is 0 Å². The fourth-order valence-corrected chi connectivity index (χ4v) is 1.66. The van der Waals surface area contributed by atoms with E-state index in [-0.39, 0.29) is 11.9 Å². The highest BCUT2D eigenvalue weighted by molar-refractivity contribution is 5.87. The molecule has 1 fully saturated rings. The lowest BCUT2D eigenvalue weighted by molar-refractivity contribution is -0.129. The van der Waals surface area contributed by atoms with Crippen molar-refractivity contribution in [2.24, 2.45) is 5.73 Å². The second kappa shape index (κ2) is 4.09. The molecule has 1 aliphatic carbocycles. The zero-order valence-electron chi connectivity index (χ0n) is 8.60. The second-order valence-corrected chi connectivity index (χ2v) is 4.17. The lowest BCUT2D eigenvalue weighted by Crippen LogP contribution is -2.59. The number of nitrogens with two attached hydrogens (primary N) is 1. The van der Waals surface area contributed by atoms with Gasteiger partial charge in [0.15, 0.2) is 0 Å². The molecule has 0 saturated heterocycles. The Morgan fingerprint density at radius 1 is 1.62 bits per heavy atom. The van der Waals surface area contributed by atoms with Gasteiger partial charge < -0.3 is 11.1 Å². The minimum absolute atomic E-state index is 0.0414. The van der Waals surface area contributed by atoms with Crippen molar-refractivity contribution in [3.05, 3.63) is 0 Å². The topological polar surface area (TPSA) is 55.1 Å². The molecule has 0 radical (unpaired) electrons. The Bertz CT molecular complexity index is 187. The molecule has 13 heavy (non-hydrogen) atoms. The summed E-state index contributed by atoms with van der Waals surface area (Å²) >= 11 is 0. The van der Waals surface area contributed by atoms with Gasteiger partial charge in [-0.15, -0.1) is 0 Å². The third-order valence-electron chi connectivity index (χ3n) is 2.80. The van der Waals surface area contributed by atoms with Gasteiger partial charge in [0.2, 0.25) is 5.91 Å². The standard InChI is InChI=1S/C10H20N2O/c1-3-5-8(2)12-9(13)10(11)6-4-7-10/h8H,3-7,11H2,1-2H3,(H,12,13). The highest BCUT2D eigenvalue weighted by Crippen LogP contribution is 2.29. The molecular formula is C10H20N2O. The zero-order chi connectivity index (χ0) is 9.90. The van der Waals surface area contributed by atoms with Crippen LogP contribution in [-0.2, 0) is 4.79 Å². The summed E-state index contributed by atoms with van der Waals surface area (Å²) in [6.07, 6.45) is 4.91. The van der Waals surface area contributed by atoms with E-state index in [0.717, 1.165) is 32.1 Å². The number of rotatable bonds is 4. The summed E-state index contributed by atoms with van der Waals surface area (Å²) in [7, 11) is 0. The van der Waals surface area contributed by atoms with Crippen LogP contribution in [0.25, 0.3) is 0 Å². The Balaban J connectivity index is 2.32. The molecule has 0 spiro atoms. The first-order valence-electron chi connectivity index (χ1n) is 5.18. The van der Waals surface area contributed by atoms with Crippen molar-refractivity contribution in [2.75, 3.05) is 0 Å². The van der Waals surface area contributed by atoms with Crippen molar-refractivity contribution in [3.63, 3.8) is 0 Å². The van der Waals surface area contributed by atoms with Crippen molar-refractivity contribution >= 4 is 5.91 Å². The molecule has 3 N–H and O–H groups in total. The van der Waals surface area contributed by atoms with Gasteiger partial charge in [-0.3, -0.25) is 4.79 Å². The van der Waals surface area contributed by atoms with Crippen LogP contribution < -0.4 is 11.1 Å². The Hall–Kier alpha value is -0.570. The van der Waals surface area contributed by atoms with E-state index in [1.165, 1.54) is 0 Å². The maximum Gasteiger partial charge on any atom is 0.240 e. The first-order chi connectivity index (χ1) is 6.08. The predicted octanol–water partition coefficient (Wildman–Crippen LogP) is 1.17. The fraction of sp³-hybridized carbons (Fsp3) is 0.900. The van der Waals surface area contributed by atoms with Crippen molar-refractivity contribution in [1.82, 2.24) is 5.32 Å². The monoisotopic (exact) mass is 184 g/mol. The predicted molar refractivity (Wildman–Crippen MR) is 53.3 cm³/mol. The molecule has 1 atom stereocenters. The van der Waals surface area contributed by atoms with E-state index in [4.69, 9.17) is 5.73 Å². The van der Waals surface area contributed by atoms with Gasteiger partial charge in [-0.1, -0.05) is 13.3 Å². The van der Waals surface area contributed by atoms with Crippen LogP contribution in [0.2, 0.25) is 0 Å². The normalized spacial score (nSPS) is 21.8. The van der Waals surface area contributed by atoms with Crippen molar-refractivity contribution < 1.29 is 4.79 Å². The third kappa shape index (κ3) is 2.44. The van der Waals surface area contributed by atoms with Gasteiger partial charge in [-0.25, -0.2) is 0 Å². The first kappa shape index (κ1) is 10.5. The summed E-state index contributed by atoms with van der Waals surface area (Å²) in [6.45, 7) is 4.15. The molecule has 1 aliphatic rings. The van der Waals surface area contributed by atoms with Gasteiger partial charge in [-0.05, 0) is 32.6 Å². The first-order valence-corrected chi connectivity index (χ1v) is 5.18. The Kier molecular flexibility index (Phi) is 3.31. The highest BCUT2D eigenvalue weighted by Gasteiger charge is 2.40. The van der Waals surface area contributed by atoms with E-state index in [0.29, 0.717) is 0 Å². The average Bonchev–Trinajstić information content (AvgIpc) is 2.00. The van der Waals surface area contributed by atoms with Crippen LogP contribution in [-0.4, -0.2) is 17.5 Å². The highest BCUT2D eigenvalue weighted by atomic mass is 16.2. The number of nitrogens with one attached hydrogen (secondary N) is 1. The maximum absolute atomic E-state index is 11.6. The SMILES string of the molecule is CCCC(C)NC(=O)C1(N)CCC1. The van der Waals surface area contributed by atoms with Crippen molar-refractivity contribution in [1.29, 1.82) is 0 Å². The Morgan fingerprint density at radius 3 is 2.62 bits per heavy atom. The number of amides is 1. The zero-order valence-corrected chi connectivity index (χ0v) is 8.60. The molecule has 0 aromatic rings. The van der Waals surface area contributed by atoms with Gasteiger partial charge >= 0.3 is 0 Å². The summed E-state index contributed by atoms with van der Waals surface area (Å²) < 4.78 is 0. The number of hydrogen-bond donors (Lipinski definition) is 2. The van der Waals surface area contributed by atoms with E-state index < -0.39 is 5.54 Å². The van der Waals surface area contributed by atoms with Crippen LogP contribution in [0.3, 0.4) is 0 Å². The molecule has 1 saturated carbocycles. The molecule has 3 heteroatoms. The van der Waals surface area contributed by atoms with Gasteiger partial charge in [0.1, 0.15) is 0 Å². The van der Waals surface area contributed by atoms with Crippen LogP contribution in [0.15, 0.2) is 0 Å². The molecule has 1 amide bonds. The van der Waals surface area contributed by atoms with Crippen LogP contribution in [0.1, 0.15) is 46.0 Å². The summed E-state index contributed by atoms with van der Waals surface area (Å²) in [6, 6.07) is 0.263. The molecule has 0 aromatic heterocycles. The molecule has 0 bridgehead atoms. The Morgan fingerprint density at radius 2 is 2.23 bits per heavy atom. The summed E-state index contributed by atoms with van der Waals surface area (Å²) in [5, 5.41) is 2.96. The number of carbonyl (C=O) groups excluding carboxylic acids is 1. The van der Waals surface area contributed by atoms with Crippen molar-refractivity contribution in [3.8, 4) is 0 Å². The lowest BCUT2D eigenvalue weighted by Gasteiger charge is -2.37. The minimum atomic E-state index is -0.540. The van der Waals surface area contributed by atoms with Gasteiger partial charge in [0.25, 0.3) is 0 Å². The minimum Gasteiger partial charge on any atom is -0.352 e. The van der Waals surface area contributed by atoms with Gasteiger partial charge in [0.05, 0.1) is 5.54 Å². The van der Waals surface area contributed by atoms with E-state index in [1.54, 1.807) is 0 Å². The molecule has 0 aliphatic heterocycles. The number of carbonyl (C=O) groups is 1. The molecule has 1 rings (SSSR count). The maximum atomic E-state index is 11.6. The second-order valence-electron chi connectivity index (χ2n) is 4.17. The molecular weight excluding hydrogens is 164 g/mol. The van der Waals surface area contributed by atoms with Gasteiger partial charge in [0, 0.05) is 6.04 Å². The summed E-state index contributed by atoms with van der Waals surface area (Å²) in [4.78, 5) is 11.6. The summed E-state index contributed by atoms with van der Waals surface area (Å²) in [5.41, 5.74) is 5.34. The van der Waals surface area contributed by atoms with Crippen LogP contribution in [0.5, 0.6) is 0 Å². The lowest BCUT2D eigenvalue weighted by atomic mass is 9.77. The van der Waals surface area contributed by atoms with Crippen LogP contribution in [0, 0.1) is 0 Å². The van der Waals surface area contributed by atoms with Crippen LogP contribution >= 0.6 is 0 Å².